The molecule has 2 aromatic heterocycles. The summed E-state index contributed by atoms with van der Waals surface area (Å²) in [6.45, 7) is 16.5. The van der Waals surface area contributed by atoms with Crippen molar-refractivity contribution in [2.75, 3.05) is 65.7 Å². The fraction of sp³-hybridized carbons (Fsp3) is 0.377. The fourth-order valence-corrected chi connectivity index (χ4v) is 11.6. The van der Waals surface area contributed by atoms with Gasteiger partial charge in [-0.3, -0.25) is 9.59 Å². The largest absolute Gasteiger partial charge is 0.488 e. The van der Waals surface area contributed by atoms with Gasteiger partial charge in [-0.05, 0) is 130 Å². The number of carbonyl (C=O) groups excluding carboxylic acids is 1. The minimum Gasteiger partial charge on any atom is -0.488 e. The van der Waals surface area contributed by atoms with Crippen LogP contribution in [0.15, 0.2) is 167 Å². The number of rotatable bonds is 18. The maximum absolute atomic E-state index is 13.4. The first-order valence-corrected chi connectivity index (χ1v) is 30.0. The average Bonchev–Trinajstić information content (AvgIpc) is 3.73. The normalized spacial score (nSPS) is 15.7. The molecule has 4 aliphatic heterocycles. The highest BCUT2D eigenvalue weighted by Crippen LogP contribution is 2.34. The molecular formula is C69H78N6O10. The number of ether oxygens (including phenoxy) is 7. The molecule has 0 bridgehead atoms. The molecule has 0 radical (unpaired) electrons. The zero-order chi connectivity index (χ0) is 58.5. The van der Waals surface area contributed by atoms with Crippen molar-refractivity contribution in [2.45, 2.75) is 104 Å². The Labute approximate surface area is 497 Å². The molecule has 85 heavy (non-hydrogen) atoms. The summed E-state index contributed by atoms with van der Waals surface area (Å²) in [7, 11) is 0. The molecule has 0 unspecified atom stereocenters. The average molecular weight is 1150 g/mol. The number of pyridine rings is 2. The van der Waals surface area contributed by atoms with Crippen LogP contribution in [0, 0.1) is 0 Å². The number of piperidine rings is 2. The Morgan fingerprint density at radius 3 is 1.47 bits per heavy atom. The summed E-state index contributed by atoms with van der Waals surface area (Å²) in [4.78, 5) is 46.6. The number of hydrogen-bond acceptors (Lipinski definition) is 13. The SMILES string of the molecule is CC(C)(C)OC(=O)N(Cc1ccc2c(c1)OCCO2)C1CCN(CCn2c(=O)cc(OCc3ccccc3)c3ccccc32)CC1.O=c1cc(OCc2ccccc2)c2ccccc2n1CCN1CCC(NCc2ccc3c(c2)OCCO3)CC1. The Morgan fingerprint density at radius 1 is 0.518 bits per heavy atom. The van der Waals surface area contributed by atoms with Gasteiger partial charge in [0.05, 0.1) is 11.0 Å². The van der Waals surface area contributed by atoms with E-state index >= 15 is 0 Å². The van der Waals surface area contributed by atoms with Crippen LogP contribution in [0.2, 0.25) is 0 Å². The number of nitrogens with zero attached hydrogens (tertiary/aromatic N) is 5. The lowest BCUT2D eigenvalue weighted by Crippen LogP contribution is -2.49. The van der Waals surface area contributed by atoms with Gasteiger partial charge in [-0.1, -0.05) is 97.1 Å². The fourth-order valence-electron chi connectivity index (χ4n) is 11.6. The molecule has 2 saturated heterocycles. The number of nitrogens with one attached hydrogen (secondary N) is 1. The molecule has 0 aliphatic carbocycles. The van der Waals surface area contributed by atoms with Crippen molar-refractivity contribution < 1.29 is 38.0 Å². The Morgan fingerprint density at radius 2 is 0.965 bits per heavy atom. The van der Waals surface area contributed by atoms with Gasteiger partial charge >= 0.3 is 6.09 Å². The lowest BCUT2D eigenvalue weighted by molar-refractivity contribution is 0.00561. The van der Waals surface area contributed by atoms with Crippen molar-refractivity contribution in [3.05, 3.63) is 201 Å². The molecule has 0 spiro atoms. The molecule has 12 rings (SSSR count). The molecule has 1 N–H and O–H groups in total. The molecule has 0 atom stereocenters. The third-order valence-corrected chi connectivity index (χ3v) is 16.1. The minimum atomic E-state index is -0.596. The zero-order valence-electron chi connectivity index (χ0n) is 49.1. The van der Waals surface area contributed by atoms with E-state index < -0.39 is 5.60 Å². The standard InChI is InChI=1S/C37H43N3O6.C32H35N3O4/c1-37(2,3)46-36(42)40(25-28-13-14-32-34(23-28)44-22-21-43-32)29-15-17-38(18-16-29)19-20-39-31-12-8-7-11-30(31)33(24-35(39)41)45-26-27-9-5-4-6-10-27;36-32-21-30(39-23-24-6-2-1-3-7-24)27-8-4-5-9-28(27)35(32)17-16-34-14-12-26(13-15-34)33-22-25-10-11-29-31(20-25)38-19-18-37-29/h4-14,23-24,29H,15-22,25-26H2,1-3H3;1-11,20-21,26,33H,12-19,22-23H2. The van der Waals surface area contributed by atoms with E-state index in [1.807, 2.05) is 168 Å². The van der Waals surface area contributed by atoms with Crippen LogP contribution in [0.3, 0.4) is 0 Å². The molecule has 4 aliphatic rings. The Kier molecular flexibility index (Phi) is 19.0. The summed E-state index contributed by atoms with van der Waals surface area (Å²) in [5.74, 6) is 4.35. The van der Waals surface area contributed by atoms with E-state index in [-0.39, 0.29) is 23.3 Å². The number of carbonyl (C=O) groups is 1. The highest BCUT2D eigenvalue weighted by Gasteiger charge is 2.32. The van der Waals surface area contributed by atoms with E-state index in [0.29, 0.717) is 82.6 Å². The molecule has 0 saturated carbocycles. The summed E-state index contributed by atoms with van der Waals surface area (Å²) in [5, 5.41) is 5.60. The predicted molar refractivity (Wildman–Crippen MR) is 330 cm³/mol. The number of amides is 1. The summed E-state index contributed by atoms with van der Waals surface area (Å²) in [6.07, 6.45) is 3.49. The third-order valence-electron chi connectivity index (χ3n) is 16.1. The first-order valence-electron chi connectivity index (χ1n) is 30.0. The van der Waals surface area contributed by atoms with Crippen LogP contribution < -0.4 is 44.9 Å². The molecule has 6 heterocycles. The van der Waals surface area contributed by atoms with E-state index in [9.17, 15) is 14.4 Å². The first-order chi connectivity index (χ1) is 41.5. The molecule has 16 heteroatoms. The van der Waals surface area contributed by atoms with Crippen LogP contribution in [0.5, 0.6) is 34.5 Å². The van der Waals surface area contributed by atoms with Gasteiger partial charge in [0.15, 0.2) is 23.0 Å². The molecule has 6 aromatic carbocycles. The van der Waals surface area contributed by atoms with Crippen molar-refractivity contribution in [2.24, 2.45) is 0 Å². The van der Waals surface area contributed by atoms with E-state index in [0.717, 1.165) is 127 Å². The number of benzene rings is 6. The second-order valence-corrected chi connectivity index (χ2v) is 23.2. The topological polar surface area (TPSA) is 147 Å². The lowest BCUT2D eigenvalue weighted by Gasteiger charge is -2.39. The van der Waals surface area contributed by atoms with Crippen molar-refractivity contribution >= 4 is 27.9 Å². The maximum atomic E-state index is 13.4. The van der Waals surface area contributed by atoms with Gasteiger partial charge in [-0.25, -0.2) is 4.79 Å². The smallest absolute Gasteiger partial charge is 0.410 e. The molecule has 16 nitrogen and oxygen atoms in total. The second-order valence-electron chi connectivity index (χ2n) is 23.2. The summed E-state index contributed by atoms with van der Waals surface area (Å²) in [6, 6.07) is 51.7. The van der Waals surface area contributed by atoms with Crippen molar-refractivity contribution in [1.29, 1.82) is 0 Å². The van der Waals surface area contributed by atoms with E-state index in [1.165, 1.54) is 5.56 Å². The van der Waals surface area contributed by atoms with Crippen molar-refractivity contribution in [3.63, 3.8) is 0 Å². The van der Waals surface area contributed by atoms with E-state index in [2.05, 4.69) is 27.2 Å². The van der Waals surface area contributed by atoms with Gasteiger partial charge in [0.25, 0.3) is 11.1 Å². The Balaban J connectivity index is 0.000000179. The number of likely N-dealkylation sites (tertiary alicyclic amines) is 2. The maximum Gasteiger partial charge on any atom is 0.410 e. The van der Waals surface area contributed by atoms with Gasteiger partial charge in [-0.15, -0.1) is 0 Å². The molecule has 2 fully saturated rings. The van der Waals surface area contributed by atoms with Gasteiger partial charge in [-0.2, -0.15) is 0 Å². The minimum absolute atomic E-state index is 0.0206. The zero-order valence-corrected chi connectivity index (χ0v) is 49.1. The monoisotopic (exact) mass is 1150 g/mol. The van der Waals surface area contributed by atoms with Crippen molar-refractivity contribution in [1.82, 2.24) is 29.2 Å². The van der Waals surface area contributed by atoms with Crippen LogP contribution in [-0.4, -0.2) is 113 Å². The molecule has 444 valence electrons. The van der Waals surface area contributed by atoms with Gasteiger partial charge in [0.1, 0.15) is 56.7 Å². The lowest BCUT2D eigenvalue weighted by atomic mass is 10.0. The summed E-state index contributed by atoms with van der Waals surface area (Å²) < 4.78 is 44.6. The molecule has 8 aromatic rings. The predicted octanol–water partition coefficient (Wildman–Crippen LogP) is 10.9. The summed E-state index contributed by atoms with van der Waals surface area (Å²) in [5.41, 5.74) is 5.41. The van der Waals surface area contributed by atoms with E-state index in [1.54, 1.807) is 12.1 Å². The first kappa shape index (κ1) is 58.5. The molecular weight excluding hydrogens is 1070 g/mol. The Hall–Kier alpha value is -8.31. The van der Waals surface area contributed by atoms with E-state index in [4.69, 9.17) is 33.2 Å². The Bertz CT molecular complexity index is 3650. The number of hydrogen-bond donors (Lipinski definition) is 1. The highest BCUT2D eigenvalue weighted by molar-refractivity contribution is 5.86. The van der Waals surface area contributed by atoms with Crippen LogP contribution in [-0.2, 0) is 44.1 Å². The third kappa shape index (κ3) is 15.3. The van der Waals surface area contributed by atoms with Crippen LogP contribution in [0.1, 0.15) is 68.7 Å². The quantitative estimate of drug-likeness (QED) is 0.0870. The van der Waals surface area contributed by atoms with Crippen LogP contribution in [0.25, 0.3) is 21.8 Å². The second kappa shape index (κ2) is 27.6. The summed E-state index contributed by atoms with van der Waals surface area (Å²) >= 11 is 0. The van der Waals surface area contributed by atoms with Crippen molar-refractivity contribution in [3.8, 4) is 34.5 Å². The number of aromatic nitrogens is 2. The van der Waals surface area contributed by atoms with Gasteiger partial charge < -0.3 is 62.3 Å². The van der Waals surface area contributed by atoms with Gasteiger partial charge in [0.2, 0.25) is 0 Å². The van der Waals surface area contributed by atoms with Gasteiger partial charge in [0, 0.05) is 87.3 Å². The van der Waals surface area contributed by atoms with Crippen LogP contribution in [0.4, 0.5) is 4.79 Å². The number of fused-ring (bicyclic) bond motifs is 4. The molecule has 1 amide bonds. The highest BCUT2D eigenvalue weighted by atomic mass is 16.6. The van der Waals surface area contributed by atoms with Crippen LogP contribution >= 0.6 is 0 Å². The number of para-hydroxylation sites is 2.